The second-order valence-electron chi connectivity index (χ2n) is 9.60. The molecule has 38 heavy (non-hydrogen) atoms. The standard InChI is InChI=1S/C27H33ClN4O4S2/c1-7-32-24(17(5)36-18-11-15(3)23(28)16(4)12-18)30-31-27(32)37-13-21(33)29-25-22(26(34)35-6)19-9-8-14(2)10-20(19)38-25/h11-12,14,17H,7-10,13H2,1-6H3,(H,29,33). The Morgan fingerprint density at radius 3 is 2.66 bits per heavy atom. The van der Waals surface area contributed by atoms with E-state index >= 15 is 0 Å². The number of carbonyl (C=O) groups is 2. The minimum atomic E-state index is -0.407. The summed E-state index contributed by atoms with van der Waals surface area (Å²) >= 11 is 9.07. The number of rotatable bonds is 9. The fourth-order valence-corrected chi connectivity index (χ4v) is 7.02. The molecule has 1 N–H and O–H groups in total. The molecule has 2 heterocycles. The first kappa shape index (κ1) is 28.4. The van der Waals surface area contributed by atoms with Crippen LogP contribution in [0.25, 0.3) is 0 Å². The first-order valence-corrected chi connectivity index (χ1v) is 14.8. The molecule has 8 nitrogen and oxygen atoms in total. The number of carbonyl (C=O) groups excluding carboxylic acids is 2. The number of thioether (sulfide) groups is 1. The number of nitrogens with zero attached hydrogens (tertiary/aromatic N) is 3. The molecular formula is C27H33ClN4O4S2. The average Bonchev–Trinajstić information content (AvgIpc) is 3.45. The van der Waals surface area contributed by atoms with E-state index in [1.165, 1.54) is 30.2 Å². The van der Waals surface area contributed by atoms with Gasteiger partial charge in [0.15, 0.2) is 17.1 Å². The zero-order valence-corrected chi connectivity index (χ0v) is 24.9. The molecule has 3 aromatic rings. The Labute approximate surface area is 236 Å². The van der Waals surface area contributed by atoms with Crippen LogP contribution in [-0.2, 0) is 28.9 Å². The summed E-state index contributed by atoms with van der Waals surface area (Å²) < 4.78 is 13.1. The summed E-state index contributed by atoms with van der Waals surface area (Å²) in [6.07, 6.45) is 2.39. The Bertz CT molecular complexity index is 1330. The molecule has 0 fully saturated rings. The number of nitrogens with one attached hydrogen (secondary N) is 1. The maximum atomic E-state index is 12.9. The van der Waals surface area contributed by atoms with Crippen LogP contribution < -0.4 is 10.1 Å². The largest absolute Gasteiger partial charge is 0.483 e. The van der Waals surface area contributed by atoms with E-state index in [9.17, 15) is 9.59 Å². The molecule has 0 aliphatic heterocycles. The molecule has 0 spiro atoms. The molecule has 2 unspecified atom stereocenters. The molecule has 2 aromatic heterocycles. The van der Waals surface area contributed by atoms with Gasteiger partial charge in [0.1, 0.15) is 10.8 Å². The number of aromatic nitrogens is 3. The molecule has 0 radical (unpaired) electrons. The number of hydrogen-bond donors (Lipinski definition) is 1. The van der Waals surface area contributed by atoms with E-state index in [2.05, 4.69) is 22.4 Å². The Morgan fingerprint density at radius 2 is 2.00 bits per heavy atom. The van der Waals surface area contributed by atoms with E-state index in [-0.39, 0.29) is 17.8 Å². The van der Waals surface area contributed by atoms with Crippen molar-refractivity contribution in [2.75, 3.05) is 18.2 Å². The Kier molecular flexibility index (Phi) is 9.05. The number of aryl methyl sites for hydroxylation is 2. The Morgan fingerprint density at radius 1 is 1.29 bits per heavy atom. The summed E-state index contributed by atoms with van der Waals surface area (Å²) in [4.78, 5) is 26.6. The highest BCUT2D eigenvalue weighted by Crippen LogP contribution is 2.40. The summed E-state index contributed by atoms with van der Waals surface area (Å²) in [6, 6.07) is 3.81. The van der Waals surface area contributed by atoms with Gasteiger partial charge in [-0.15, -0.1) is 21.5 Å². The highest BCUT2D eigenvalue weighted by Gasteiger charge is 2.29. The predicted octanol–water partition coefficient (Wildman–Crippen LogP) is 6.41. The number of ether oxygens (including phenoxy) is 2. The van der Waals surface area contributed by atoms with Crippen molar-refractivity contribution in [1.29, 1.82) is 0 Å². The SMILES string of the molecule is CCn1c(SCC(=O)Nc2sc3c(c2C(=O)OC)CCC(C)C3)nnc1C(C)Oc1cc(C)c(Cl)c(C)c1. The first-order valence-electron chi connectivity index (χ1n) is 12.6. The summed E-state index contributed by atoms with van der Waals surface area (Å²) in [5.41, 5.74) is 3.41. The lowest BCUT2D eigenvalue weighted by Crippen LogP contribution is -2.17. The molecule has 0 bridgehead atoms. The van der Waals surface area contributed by atoms with Crippen molar-refractivity contribution in [3.05, 3.63) is 50.1 Å². The number of hydrogen-bond acceptors (Lipinski definition) is 8. The summed E-state index contributed by atoms with van der Waals surface area (Å²) in [7, 11) is 1.37. The van der Waals surface area contributed by atoms with E-state index < -0.39 is 5.97 Å². The third-order valence-corrected chi connectivity index (χ3v) is 9.37. The predicted molar refractivity (Wildman–Crippen MR) is 152 cm³/mol. The molecule has 0 saturated carbocycles. The molecule has 4 rings (SSSR count). The number of halogens is 1. The molecule has 1 aliphatic carbocycles. The van der Waals surface area contributed by atoms with Crippen LogP contribution in [-0.4, -0.2) is 39.5 Å². The zero-order chi connectivity index (χ0) is 27.6. The molecular weight excluding hydrogens is 544 g/mol. The second kappa shape index (κ2) is 12.1. The molecule has 1 aliphatic rings. The van der Waals surface area contributed by atoms with Crippen LogP contribution in [0.5, 0.6) is 5.75 Å². The number of esters is 1. The van der Waals surface area contributed by atoms with E-state index in [4.69, 9.17) is 21.1 Å². The number of anilines is 1. The molecule has 0 saturated heterocycles. The number of benzene rings is 1. The average molecular weight is 577 g/mol. The lowest BCUT2D eigenvalue weighted by molar-refractivity contribution is -0.113. The maximum absolute atomic E-state index is 12.9. The van der Waals surface area contributed by atoms with Crippen LogP contribution in [0.3, 0.4) is 0 Å². The van der Waals surface area contributed by atoms with Crippen LogP contribution in [0.2, 0.25) is 5.02 Å². The van der Waals surface area contributed by atoms with Gasteiger partial charge in [-0.25, -0.2) is 4.79 Å². The number of thiophene rings is 1. The van der Waals surface area contributed by atoms with Gasteiger partial charge in [-0.2, -0.15) is 0 Å². The van der Waals surface area contributed by atoms with E-state index in [0.717, 1.165) is 45.9 Å². The topological polar surface area (TPSA) is 95.3 Å². The highest BCUT2D eigenvalue weighted by molar-refractivity contribution is 7.99. The number of methoxy groups -OCH3 is 1. The van der Waals surface area contributed by atoms with Gasteiger partial charge in [0.25, 0.3) is 0 Å². The van der Waals surface area contributed by atoms with Crippen molar-refractivity contribution < 1.29 is 19.1 Å². The molecule has 204 valence electrons. The Balaban J connectivity index is 1.44. The van der Waals surface area contributed by atoms with Crippen molar-refractivity contribution in [1.82, 2.24) is 14.8 Å². The van der Waals surface area contributed by atoms with Crippen LogP contribution in [0.1, 0.15) is 71.0 Å². The van der Waals surface area contributed by atoms with Crippen molar-refractivity contribution in [3.63, 3.8) is 0 Å². The third-order valence-electron chi connectivity index (χ3n) is 6.63. The van der Waals surface area contributed by atoms with E-state index in [1.54, 1.807) is 0 Å². The first-order chi connectivity index (χ1) is 18.1. The van der Waals surface area contributed by atoms with Crippen molar-refractivity contribution >= 4 is 51.6 Å². The van der Waals surface area contributed by atoms with Crippen LogP contribution >= 0.6 is 34.7 Å². The summed E-state index contributed by atoms with van der Waals surface area (Å²) in [5, 5.41) is 13.6. The van der Waals surface area contributed by atoms with Crippen LogP contribution in [0.4, 0.5) is 5.00 Å². The highest BCUT2D eigenvalue weighted by atomic mass is 35.5. The number of amides is 1. The third kappa shape index (κ3) is 6.02. The quantitative estimate of drug-likeness (QED) is 0.232. The smallest absolute Gasteiger partial charge is 0.341 e. The van der Waals surface area contributed by atoms with E-state index in [1.807, 2.05) is 44.4 Å². The molecule has 2 atom stereocenters. The van der Waals surface area contributed by atoms with Gasteiger partial charge in [0.05, 0.1) is 18.4 Å². The summed E-state index contributed by atoms with van der Waals surface area (Å²) in [6.45, 7) is 10.6. The minimum Gasteiger partial charge on any atom is -0.483 e. The van der Waals surface area contributed by atoms with Gasteiger partial charge in [-0.3, -0.25) is 4.79 Å². The van der Waals surface area contributed by atoms with Crippen LogP contribution in [0.15, 0.2) is 17.3 Å². The van der Waals surface area contributed by atoms with Gasteiger partial charge in [-0.1, -0.05) is 30.3 Å². The normalized spacial score (nSPS) is 15.6. The van der Waals surface area contributed by atoms with Gasteiger partial charge >= 0.3 is 5.97 Å². The van der Waals surface area contributed by atoms with Gasteiger partial charge in [0.2, 0.25) is 5.91 Å². The van der Waals surface area contributed by atoms with Crippen molar-refractivity contribution in [2.24, 2.45) is 5.92 Å². The molecule has 11 heteroatoms. The monoisotopic (exact) mass is 576 g/mol. The maximum Gasteiger partial charge on any atom is 0.341 e. The van der Waals surface area contributed by atoms with E-state index in [0.29, 0.717) is 39.8 Å². The van der Waals surface area contributed by atoms with Gasteiger partial charge < -0.3 is 19.4 Å². The van der Waals surface area contributed by atoms with Crippen molar-refractivity contribution in [3.8, 4) is 5.75 Å². The number of fused-ring (bicyclic) bond motifs is 1. The zero-order valence-electron chi connectivity index (χ0n) is 22.5. The van der Waals surface area contributed by atoms with Crippen LogP contribution in [0, 0.1) is 19.8 Å². The fourth-order valence-electron chi connectivity index (χ4n) is 4.69. The Hall–Kier alpha value is -2.56. The minimum absolute atomic E-state index is 0.128. The van der Waals surface area contributed by atoms with Crippen molar-refractivity contribution in [2.45, 2.75) is 71.7 Å². The molecule has 1 amide bonds. The summed E-state index contributed by atoms with van der Waals surface area (Å²) in [5.74, 6) is 1.45. The second-order valence-corrected chi connectivity index (χ2v) is 12.0. The lowest BCUT2D eigenvalue weighted by Gasteiger charge is -2.18. The fraction of sp³-hybridized carbons (Fsp3) is 0.481. The molecule has 1 aromatic carbocycles. The van der Waals surface area contributed by atoms with Gasteiger partial charge in [0, 0.05) is 16.4 Å². The lowest BCUT2D eigenvalue weighted by atomic mass is 9.88. The van der Waals surface area contributed by atoms with Gasteiger partial charge in [-0.05, 0) is 81.7 Å².